The van der Waals surface area contributed by atoms with Gasteiger partial charge in [0, 0.05) is 42.2 Å². The quantitative estimate of drug-likeness (QED) is 0.491. The van der Waals surface area contributed by atoms with Crippen LogP contribution in [0.4, 0.5) is 0 Å². The van der Waals surface area contributed by atoms with E-state index in [0.717, 1.165) is 36.2 Å². The fourth-order valence-electron chi connectivity index (χ4n) is 4.20. The second-order valence-corrected chi connectivity index (χ2v) is 9.53. The summed E-state index contributed by atoms with van der Waals surface area (Å²) in [6.45, 7) is 3.75. The summed E-state index contributed by atoms with van der Waals surface area (Å²) in [7, 11) is 0. The monoisotopic (exact) mass is 475 g/mol. The molecule has 1 saturated heterocycles. The molecule has 34 heavy (non-hydrogen) atoms. The Morgan fingerprint density at radius 1 is 1.18 bits per heavy atom. The minimum absolute atomic E-state index is 0.0504. The van der Waals surface area contributed by atoms with Crippen LogP contribution in [0.3, 0.4) is 0 Å². The summed E-state index contributed by atoms with van der Waals surface area (Å²) >= 11 is 1.69. The number of hydrogen-bond acceptors (Lipinski definition) is 5. The van der Waals surface area contributed by atoms with Gasteiger partial charge in [-0.3, -0.25) is 14.6 Å². The van der Waals surface area contributed by atoms with Gasteiger partial charge in [0.25, 0.3) is 5.91 Å². The summed E-state index contributed by atoms with van der Waals surface area (Å²) in [4.78, 5) is 33.4. The van der Waals surface area contributed by atoms with Crippen molar-refractivity contribution in [1.29, 1.82) is 0 Å². The molecule has 1 aliphatic heterocycles. The molecule has 3 aromatic rings. The third kappa shape index (κ3) is 6.11. The van der Waals surface area contributed by atoms with Crippen LogP contribution < -0.4 is 5.32 Å². The molecule has 6 nitrogen and oxygen atoms in total. The van der Waals surface area contributed by atoms with Gasteiger partial charge >= 0.3 is 0 Å². The first-order valence-corrected chi connectivity index (χ1v) is 12.4. The number of aryl methyl sites for hydroxylation is 1. The Balaban J connectivity index is 1.36. The number of thiophene rings is 1. The van der Waals surface area contributed by atoms with E-state index in [9.17, 15) is 14.7 Å². The molecule has 0 unspecified atom stereocenters. The van der Waals surface area contributed by atoms with Gasteiger partial charge in [-0.1, -0.05) is 18.2 Å². The zero-order valence-corrected chi connectivity index (χ0v) is 20.1. The molecule has 2 amide bonds. The minimum atomic E-state index is -0.0911. The molecule has 0 radical (unpaired) electrons. The third-order valence-corrected chi connectivity index (χ3v) is 6.96. The van der Waals surface area contributed by atoms with E-state index >= 15 is 0 Å². The van der Waals surface area contributed by atoms with Gasteiger partial charge in [-0.25, -0.2) is 0 Å². The summed E-state index contributed by atoms with van der Waals surface area (Å²) in [5.74, 6) is 0.168. The lowest BCUT2D eigenvalue weighted by Crippen LogP contribution is -2.37. The predicted octanol–water partition coefficient (Wildman–Crippen LogP) is 4.55. The standard InChI is InChI=1S/C27H29N3O3S/c1-19-7-9-24(27(33)28-14-11-23-6-3-17-34-23)26(29-19)21-12-15-30(16-13-21)25(32)10-8-20-4-2-5-22(31)18-20/h2-10,17-18,21,31H,11-16H2,1H3,(H,28,33). The molecule has 1 aliphatic rings. The van der Waals surface area contributed by atoms with E-state index in [0.29, 0.717) is 25.2 Å². The van der Waals surface area contributed by atoms with Gasteiger partial charge in [0.15, 0.2) is 0 Å². The highest BCUT2D eigenvalue weighted by atomic mass is 32.1. The van der Waals surface area contributed by atoms with Crippen molar-refractivity contribution < 1.29 is 14.7 Å². The summed E-state index contributed by atoms with van der Waals surface area (Å²) < 4.78 is 0. The average Bonchev–Trinajstić information content (AvgIpc) is 3.36. The zero-order valence-electron chi connectivity index (χ0n) is 19.2. The molecular formula is C27H29N3O3S. The molecule has 1 fully saturated rings. The molecular weight excluding hydrogens is 446 g/mol. The highest BCUT2D eigenvalue weighted by Crippen LogP contribution is 2.29. The lowest BCUT2D eigenvalue weighted by molar-refractivity contribution is -0.127. The number of rotatable bonds is 7. The zero-order chi connectivity index (χ0) is 23.9. The largest absolute Gasteiger partial charge is 0.508 e. The number of nitrogens with zero attached hydrogens (tertiary/aromatic N) is 2. The topological polar surface area (TPSA) is 82.5 Å². The van der Waals surface area contributed by atoms with Crippen molar-refractivity contribution in [3.63, 3.8) is 0 Å². The van der Waals surface area contributed by atoms with Crippen molar-refractivity contribution >= 4 is 29.2 Å². The van der Waals surface area contributed by atoms with Gasteiger partial charge in [0.05, 0.1) is 11.3 Å². The smallest absolute Gasteiger partial charge is 0.253 e. The van der Waals surface area contributed by atoms with Crippen LogP contribution in [-0.2, 0) is 11.2 Å². The summed E-state index contributed by atoms with van der Waals surface area (Å²) in [5, 5.41) is 14.6. The van der Waals surface area contributed by atoms with Gasteiger partial charge in [0.1, 0.15) is 5.75 Å². The number of phenolic OH excluding ortho intramolecular Hbond substituents is 1. The summed E-state index contributed by atoms with van der Waals surface area (Å²) in [5.41, 5.74) is 3.13. The average molecular weight is 476 g/mol. The maximum absolute atomic E-state index is 12.9. The van der Waals surface area contributed by atoms with Crippen LogP contribution in [0.1, 0.15) is 50.9 Å². The Morgan fingerprint density at radius 3 is 2.74 bits per heavy atom. The second-order valence-electron chi connectivity index (χ2n) is 8.50. The first-order chi connectivity index (χ1) is 16.5. The Morgan fingerprint density at radius 2 is 2.00 bits per heavy atom. The number of likely N-dealkylation sites (tertiary alicyclic amines) is 1. The van der Waals surface area contributed by atoms with Crippen molar-refractivity contribution in [3.8, 4) is 5.75 Å². The SMILES string of the molecule is Cc1ccc(C(=O)NCCc2cccs2)c(C2CCN(C(=O)C=Cc3cccc(O)c3)CC2)n1. The van der Waals surface area contributed by atoms with E-state index in [1.165, 1.54) is 4.88 Å². The first kappa shape index (κ1) is 23.7. The van der Waals surface area contributed by atoms with Crippen LogP contribution >= 0.6 is 11.3 Å². The highest BCUT2D eigenvalue weighted by Gasteiger charge is 2.27. The Labute approximate surface area is 204 Å². The van der Waals surface area contributed by atoms with Crippen molar-refractivity contribution in [2.24, 2.45) is 0 Å². The number of piperidine rings is 1. The van der Waals surface area contributed by atoms with Gasteiger partial charge < -0.3 is 15.3 Å². The second kappa shape index (κ2) is 11.1. The third-order valence-electron chi connectivity index (χ3n) is 6.03. The van der Waals surface area contributed by atoms with E-state index in [2.05, 4.69) is 11.4 Å². The molecule has 0 spiro atoms. The molecule has 0 aliphatic carbocycles. The minimum Gasteiger partial charge on any atom is -0.508 e. The number of carbonyl (C=O) groups is 2. The normalized spacial score (nSPS) is 14.4. The van der Waals surface area contributed by atoms with E-state index in [1.54, 1.807) is 41.7 Å². The molecule has 176 valence electrons. The van der Waals surface area contributed by atoms with Crippen molar-refractivity contribution in [1.82, 2.24) is 15.2 Å². The van der Waals surface area contributed by atoms with E-state index < -0.39 is 0 Å². The number of pyridine rings is 1. The molecule has 1 aromatic carbocycles. The van der Waals surface area contributed by atoms with Gasteiger partial charge in [-0.05, 0) is 73.5 Å². The van der Waals surface area contributed by atoms with Crippen LogP contribution in [-0.4, -0.2) is 46.4 Å². The van der Waals surface area contributed by atoms with Crippen LogP contribution in [0, 0.1) is 6.92 Å². The number of hydrogen-bond donors (Lipinski definition) is 2. The molecule has 2 aromatic heterocycles. The Bertz CT molecular complexity index is 1170. The molecule has 0 bridgehead atoms. The van der Waals surface area contributed by atoms with Gasteiger partial charge in [-0.2, -0.15) is 0 Å². The number of nitrogens with one attached hydrogen (secondary N) is 1. The Hall–Kier alpha value is -3.45. The Kier molecular flexibility index (Phi) is 7.75. The number of benzene rings is 1. The van der Waals surface area contributed by atoms with Crippen LogP contribution in [0.25, 0.3) is 6.08 Å². The molecule has 4 rings (SSSR count). The molecule has 3 heterocycles. The van der Waals surface area contributed by atoms with Crippen LogP contribution in [0.15, 0.2) is 60.0 Å². The maximum atomic E-state index is 12.9. The summed E-state index contributed by atoms with van der Waals surface area (Å²) in [6, 6.07) is 14.6. The van der Waals surface area contributed by atoms with Crippen LogP contribution in [0.2, 0.25) is 0 Å². The lowest BCUT2D eigenvalue weighted by atomic mass is 9.89. The lowest BCUT2D eigenvalue weighted by Gasteiger charge is -2.32. The molecule has 0 atom stereocenters. The number of aromatic nitrogens is 1. The fraction of sp³-hybridized carbons (Fsp3) is 0.296. The number of amides is 2. The number of carbonyl (C=O) groups excluding carboxylic acids is 2. The van der Waals surface area contributed by atoms with Gasteiger partial charge in [0.2, 0.25) is 5.91 Å². The van der Waals surface area contributed by atoms with Crippen molar-refractivity contribution in [3.05, 3.63) is 87.4 Å². The van der Waals surface area contributed by atoms with E-state index in [1.807, 2.05) is 41.5 Å². The number of aromatic hydroxyl groups is 1. The van der Waals surface area contributed by atoms with Crippen molar-refractivity contribution in [2.45, 2.75) is 32.1 Å². The van der Waals surface area contributed by atoms with E-state index in [-0.39, 0.29) is 23.5 Å². The fourth-order valence-corrected chi connectivity index (χ4v) is 4.91. The van der Waals surface area contributed by atoms with Crippen molar-refractivity contribution in [2.75, 3.05) is 19.6 Å². The maximum Gasteiger partial charge on any atom is 0.253 e. The highest BCUT2D eigenvalue weighted by molar-refractivity contribution is 7.09. The molecule has 7 heteroatoms. The first-order valence-electron chi connectivity index (χ1n) is 11.5. The van der Waals surface area contributed by atoms with E-state index in [4.69, 9.17) is 4.98 Å². The molecule has 2 N–H and O–H groups in total. The van der Waals surface area contributed by atoms with Crippen LogP contribution in [0.5, 0.6) is 5.75 Å². The van der Waals surface area contributed by atoms with Gasteiger partial charge in [-0.15, -0.1) is 11.3 Å². The summed E-state index contributed by atoms with van der Waals surface area (Å²) in [6.07, 6.45) is 5.60. The molecule has 0 saturated carbocycles. The predicted molar refractivity (Wildman–Crippen MR) is 135 cm³/mol. The number of phenols is 1.